The molecule has 1 aromatic carbocycles. The Labute approximate surface area is 159 Å². The number of carbonyl (C=O) groups is 4. The third-order valence-corrected chi connectivity index (χ3v) is 6.73. The highest BCUT2D eigenvalue weighted by atomic mass is 35.5. The van der Waals surface area contributed by atoms with E-state index in [0.29, 0.717) is 0 Å². The van der Waals surface area contributed by atoms with Crippen molar-refractivity contribution < 1.29 is 24.3 Å². The predicted octanol–water partition coefficient (Wildman–Crippen LogP) is 1.54. The molecule has 2 amide bonds. The number of fused-ring (bicyclic) bond motifs is 1. The number of nitrogens with one attached hydrogen (secondary N) is 1. The maximum atomic E-state index is 12.8. The highest BCUT2D eigenvalue weighted by Gasteiger charge is 2.74. The van der Waals surface area contributed by atoms with Gasteiger partial charge < -0.3 is 15.3 Å². The number of ketones is 1. The van der Waals surface area contributed by atoms with Crippen LogP contribution in [-0.2, 0) is 14.4 Å². The summed E-state index contributed by atoms with van der Waals surface area (Å²) in [7, 11) is 0. The Morgan fingerprint density at radius 3 is 2.42 bits per heavy atom. The number of hydrogen-bond acceptors (Lipinski definition) is 5. The largest absolute Gasteiger partial charge is 0.480 e. The molecular formula is C17H17ClN2O5S. The molecule has 2 heterocycles. The minimum absolute atomic E-state index is 0.137. The van der Waals surface area contributed by atoms with Crippen LogP contribution in [0, 0.1) is 0 Å². The van der Waals surface area contributed by atoms with Gasteiger partial charge in [-0.05, 0) is 32.9 Å². The standard InChI is InChI=1S/C17H17ClN2O5S/c1-8(21)17(19-12(22)9-6-4-5-7-10(9)18)14(25)20-11(13(23)24)16(2,3)26-15(17)20/h4-7,11,15H,1-3H3,(H,19,22)(H,23,24)/t11-,15+,17?/m0/s1. The van der Waals surface area contributed by atoms with E-state index in [1.54, 1.807) is 26.0 Å². The number of rotatable bonds is 4. The highest BCUT2D eigenvalue weighted by molar-refractivity contribution is 8.01. The first-order chi connectivity index (χ1) is 12.0. The quantitative estimate of drug-likeness (QED) is 0.591. The van der Waals surface area contributed by atoms with Gasteiger partial charge in [0.2, 0.25) is 5.54 Å². The number of aliphatic carboxylic acids is 1. The van der Waals surface area contributed by atoms with Crippen molar-refractivity contribution in [2.45, 2.75) is 42.5 Å². The summed E-state index contributed by atoms with van der Waals surface area (Å²) in [6, 6.07) is 5.21. The molecule has 2 fully saturated rings. The van der Waals surface area contributed by atoms with Crippen LogP contribution in [-0.4, -0.2) is 55.3 Å². The van der Waals surface area contributed by atoms with Gasteiger partial charge in [-0.15, -0.1) is 11.8 Å². The van der Waals surface area contributed by atoms with Crippen molar-refractivity contribution in [3.05, 3.63) is 34.9 Å². The molecule has 0 radical (unpaired) electrons. The Hall–Kier alpha value is -2.06. The minimum atomic E-state index is -1.79. The zero-order valence-corrected chi connectivity index (χ0v) is 15.9. The van der Waals surface area contributed by atoms with Crippen molar-refractivity contribution in [1.29, 1.82) is 0 Å². The molecule has 0 aliphatic carbocycles. The number of halogens is 1. The van der Waals surface area contributed by atoms with Gasteiger partial charge >= 0.3 is 5.97 Å². The van der Waals surface area contributed by atoms with Gasteiger partial charge in [0.05, 0.1) is 10.6 Å². The third-order valence-electron chi connectivity index (χ3n) is 4.77. The number of carbonyl (C=O) groups excluding carboxylic acids is 3. The Morgan fingerprint density at radius 1 is 1.27 bits per heavy atom. The first kappa shape index (κ1) is 18.7. The fourth-order valence-electron chi connectivity index (χ4n) is 3.48. The maximum absolute atomic E-state index is 12.8. The molecule has 7 nitrogen and oxygen atoms in total. The van der Waals surface area contributed by atoms with Crippen molar-refractivity contribution in [2.24, 2.45) is 0 Å². The summed E-state index contributed by atoms with van der Waals surface area (Å²) in [5, 5.41) is 11.4. The Morgan fingerprint density at radius 2 is 1.88 bits per heavy atom. The molecule has 0 bridgehead atoms. The Balaban J connectivity index is 1.98. The minimum Gasteiger partial charge on any atom is -0.480 e. The van der Waals surface area contributed by atoms with Gasteiger partial charge in [-0.1, -0.05) is 23.7 Å². The Bertz CT molecular complexity index is 842. The number of benzene rings is 1. The SMILES string of the molecule is CC(=O)C1(NC(=O)c2ccccc2Cl)C(=O)N2[C@@H](C(=O)O)C(C)(C)S[C@@H]21. The molecule has 2 saturated heterocycles. The number of β-lactam (4-membered cyclic amide) rings is 1. The molecule has 26 heavy (non-hydrogen) atoms. The second-order valence-electron chi connectivity index (χ2n) is 6.83. The van der Waals surface area contributed by atoms with Crippen molar-refractivity contribution in [1.82, 2.24) is 10.2 Å². The molecular weight excluding hydrogens is 380 g/mol. The van der Waals surface area contributed by atoms with Gasteiger partial charge in [-0.2, -0.15) is 0 Å². The van der Waals surface area contributed by atoms with Crippen LogP contribution >= 0.6 is 23.4 Å². The van der Waals surface area contributed by atoms with E-state index >= 15 is 0 Å². The molecule has 3 rings (SSSR count). The number of hydrogen-bond donors (Lipinski definition) is 2. The van der Waals surface area contributed by atoms with Crippen LogP contribution in [0.1, 0.15) is 31.1 Å². The number of thioether (sulfide) groups is 1. The van der Waals surface area contributed by atoms with E-state index in [2.05, 4.69) is 5.32 Å². The van der Waals surface area contributed by atoms with Crippen LogP contribution in [0.15, 0.2) is 24.3 Å². The molecule has 138 valence electrons. The van der Waals surface area contributed by atoms with Gasteiger partial charge in [0, 0.05) is 4.75 Å². The number of nitrogens with zero attached hydrogens (tertiary/aromatic N) is 1. The van der Waals surface area contributed by atoms with Crippen molar-refractivity contribution in [3.8, 4) is 0 Å². The fourth-order valence-corrected chi connectivity index (χ4v) is 5.45. The van der Waals surface area contributed by atoms with Crippen LogP contribution in [0.2, 0.25) is 5.02 Å². The molecule has 9 heteroatoms. The van der Waals surface area contributed by atoms with Gasteiger partial charge in [0.15, 0.2) is 5.78 Å². The number of Topliss-reactive ketones (excluding diaryl/α,β-unsaturated/α-hetero) is 1. The number of carboxylic acid groups (broad SMARTS) is 1. The first-order valence-electron chi connectivity index (χ1n) is 7.85. The summed E-state index contributed by atoms with van der Waals surface area (Å²) in [5.41, 5.74) is -1.65. The number of carboxylic acids is 1. The molecule has 1 aromatic rings. The Kier molecular flexibility index (Phi) is 4.31. The molecule has 0 aromatic heterocycles. The fraction of sp³-hybridized carbons (Fsp3) is 0.412. The van der Waals surface area contributed by atoms with E-state index in [9.17, 15) is 24.3 Å². The zero-order valence-electron chi connectivity index (χ0n) is 14.3. The van der Waals surface area contributed by atoms with Crippen molar-refractivity contribution in [2.75, 3.05) is 0 Å². The summed E-state index contributed by atoms with van der Waals surface area (Å²) in [5.74, 6) is -3.05. The van der Waals surface area contributed by atoms with E-state index < -0.39 is 45.3 Å². The van der Waals surface area contributed by atoms with Crippen LogP contribution in [0.4, 0.5) is 0 Å². The predicted molar refractivity (Wildman–Crippen MR) is 96.1 cm³/mol. The smallest absolute Gasteiger partial charge is 0.327 e. The van der Waals surface area contributed by atoms with Gasteiger partial charge in [0.1, 0.15) is 11.4 Å². The molecule has 0 saturated carbocycles. The zero-order chi connectivity index (χ0) is 19.4. The summed E-state index contributed by atoms with van der Waals surface area (Å²) in [4.78, 5) is 50.7. The topological polar surface area (TPSA) is 104 Å². The van der Waals surface area contributed by atoms with Crippen LogP contribution < -0.4 is 5.32 Å². The molecule has 1 unspecified atom stereocenters. The average Bonchev–Trinajstić information content (AvgIpc) is 2.81. The van der Waals surface area contributed by atoms with Crippen molar-refractivity contribution in [3.63, 3.8) is 0 Å². The highest BCUT2D eigenvalue weighted by Crippen LogP contribution is 2.55. The summed E-state index contributed by atoms with van der Waals surface area (Å²) >= 11 is 7.21. The van der Waals surface area contributed by atoms with E-state index in [1.165, 1.54) is 35.7 Å². The molecule has 2 N–H and O–H groups in total. The first-order valence-corrected chi connectivity index (χ1v) is 9.11. The van der Waals surface area contributed by atoms with Crippen LogP contribution in [0.3, 0.4) is 0 Å². The van der Waals surface area contributed by atoms with E-state index in [4.69, 9.17) is 11.6 Å². The van der Waals surface area contributed by atoms with E-state index in [0.717, 1.165) is 0 Å². The number of amides is 2. The van der Waals surface area contributed by atoms with Gasteiger partial charge in [0.25, 0.3) is 11.8 Å². The maximum Gasteiger partial charge on any atom is 0.327 e. The molecule has 2 aliphatic rings. The normalized spacial score (nSPS) is 28.9. The average molecular weight is 397 g/mol. The second kappa shape index (κ2) is 5.99. The summed E-state index contributed by atoms with van der Waals surface area (Å²) < 4.78 is -0.807. The lowest BCUT2D eigenvalue weighted by Crippen LogP contribution is -2.82. The van der Waals surface area contributed by atoms with Gasteiger partial charge in [-0.3, -0.25) is 14.4 Å². The summed E-state index contributed by atoms with van der Waals surface area (Å²) in [6.07, 6.45) is 0. The molecule has 0 spiro atoms. The van der Waals surface area contributed by atoms with E-state index in [-0.39, 0.29) is 10.6 Å². The molecule has 2 aliphatic heterocycles. The van der Waals surface area contributed by atoms with Gasteiger partial charge in [-0.25, -0.2) is 4.79 Å². The second-order valence-corrected chi connectivity index (χ2v) is 8.97. The van der Waals surface area contributed by atoms with Crippen molar-refractivity contribution >= 4 is 46.9 Å². The lowest BCUT2D eigenvalue weighted by Gasteiger charge is -2.51. The lowest BCUT2D eigenvalue weighted by molar-refractivity contribution is -0.170. The summed E-state index contributed by atoms with van der Waals surface area (Å²) in [6.45, 7) is 4.61. The van der Waals surface area contributed by atoms with Crippen LogP contribution in [0.5, 0.6) is 0 Å². The lowest BCUT2D eigenvalue weighted by atomic mass is 9.81. The third kappa shape index (κ3) is 2.43. The monoisotopic (exact) mass is 396 g/mol. The van der Waals surface area contributed by atoms with Crippen LogP contribution in [0.25, 0.3) is 0 Å². The molecule has 3 atom stereocenters. The van der Waals surface area contributed by atoms with E-state index in [1.807, 2.05) is 0 Å².